The largest absolute Gasteiger partial charge is 0.278 e. The second kappa shape index (κ2) is 4.22. The molecule has 0 radical (unpaired) electrons. The van der Waals surface area contributed by atoms with Gasteiger partial charge in [-0.2, -0.15) is 5.10 Å². The summed E-state index contributed by atoms with van der Waals surface area (Å²) in [5.41, 5.74) is 5.93. The van der Waals surface area contributed by atoms with Crippen molar-refractivity contribution in [2.24, 2.45) is 21.8 Å². The Morgan fingerprint density at radius 2 is 1.89 bits per heavy atom. The SMILES string of the molecule is CC1(C)[C@H]2C=C/C(=N/Nc3ccccc3)[C@@]1(C)CC2. The minimum atomic E-state index is 0.189. The van der Waals surface area contributed by atoms with E-state index in [1.165, 1.54) is 18.6 Å². The third-order valence-corrected chi connectivity index (χ3v) is 5.44. The number of nitrogens with zero attached hydrogens (tertiary/aromatic N) is 1. The maximum absolute atomic E-state index is 4.68. The summed E-state index contributed by atoms with van der Waals surface area (Å²) in [6, 6.07) is 10.2. The van der Waals surface area contributed by atoms with Crippen LogP contribution in [0.4, 0.5) is 5.69 Å². The molecule has 0 saturated heterocycles. The normalized spacial score (nSPS) is 33.6. The first-order valence-corrected chi connectivity index (χ1v) is 7.11. The van der Waals surface area contributed by atoms with Gasteiger partial charge in [0.15, 0.2) is 0 Å². The molecule has 1 aromatic rings. The molecule has 1 fully saturated rings. The molecule has 2 heteroatoms. The van der Waals surface area contributed by atoms with Crippen molar-refractivity contribution in [3.8, 4) is 0 Å². The fraction of sp³-hybridized carbons (Fsp3) is 0.471. The maximum Gasteiger partial charge on any atom is 0.0668 e. The van der Waals surface area contributed by atoms with Crippen LogP contribution in [-0.2, 0) is 0 Å². The fourth-order valence-corrected chi connectivity index (χ4v) is 3.52. The number of rotatable bonds is 2. The Morgan fingerprint density at radius 3 is 2.63 bits per heavy atom. The van der Waals surface area contributed by atoms with Crippen molar-refractivity contribution in [3.05, 3.63) is 42.5 Å². The number of anilines is 1. The van der Waals surface area contributed by atoms with Crippen LogP contribution in [0.3, 0.4) is 0 Å². The van der Waals surface area contributed by atoms with Gasteiger partial charge in [-0.05, 0) is 42.4 Å². The molecule has 2 bridgehead atoms. The number of benzene rings is 1. The van der Waals surface area contributed by atoms with Gasteiger partial charge in [-0.3, -0.25) is 5.43 Å². The van der Waals surface area contributed by atoms with Gasteiger partial charge in [0.1, 0.15) is 0 Å². The zero-order valence-corrected chi connectivity index (χ0v) is 12.0. The van der Waals surface area contributed by atoms with E-state index in [-0.39, 0.29) is 5.41 Å². The molecule has 19 heavy (non-hydrogen) atoms. The van der Waals surface area contributed by atoms with Crippen LogP contribution in [0.5, 0.6) is 0 Å². The van der Waals surface area contributed by atoms with Gasteiger partial charge in [0, 0.05) is 5.41 Å². The van der Waals surface area contributed by atoms with Crippen LogP contribution in [0, 0.1) is 16.7 Å². The Hall–Kier alpha value is -1.57. The number of hydrazone groups is 1. The Labute approximate surface area is 115 Å². The van der Waals surface area contributed by atoms with E-state index >= 15 is 0 Å². The summed E-state index contributed by atoms with van der Waals surface area (Å²) < 4.78 is 0. The fourth-order valence-electron chi connectivity index (χ4n) is 3.52. The average Bonchev–Trinajstić information content (AvgIpc) is 2.55. The van der Waals surface area contributed by atoms with Crippen LogP contribution in [0.25, 0.3) is 0 Å². The highest BCUT2D eigenvalue weighted by atomic mass is 15.3. The van der Waals surface area contributed by atoms with Gasteiger partial charge in [0.2, 0.25) is 0 Å². The first-order chi connectivity index (χ1) is 9.04. The average molecular weight is 254 g/mol. The summed E-state index contributed by atoms with van der Waals surface area (Å²) in [4.78, 5) is 0. The van der Waals surface area contributed by atoms with Gasteiger partial charge in [0.25, 0.3) is 0 Å². The molecule has 0 amide bonds. The topological polar surface area (TPSA) is 24.4 Å². The first kappa shape index (κ1) is 12.5. The minimum Gasteiger partial charge on any atom is -0.278 e. The zero-order valence-electron chi connectivity index (χ0n) is 12.0. The Balaban J connectivity index is 1.89. The van der Waals surface area contributed by atoms with Crippen LogP contribution in [-0.4, -0.2) is 5.71 Å². The van der Waals surface area contributed by atoms with Gasteiger partial charge in [-0.25, -0.2) is 0 Å². The van der Waals surface area contributed by atoms with Crippen molar-refractivity contribution in [2.45, 2.75) is 33.6 Å². The molecule has 2 aliphatic rings. The monoisotopic (exact) mass is 254 g/mol. The van der Waals surface area contributed by atoms with Crippen molar-refractivity contribution in [2.75, 3.05) is 5.43 Å². The number of para-hydroxylation sites is 1. The molecule has 2 nitrogen and oxygen atoms in total. The standard InChI is InChI=1S/C17H22N2/c1-16(2)13-9-10-15(17(16,3)12-11-13)19-18-14-7-5-4-6-8-14/h4-10,13,18H,11-12H2,1-3H3/b19-15-/t13-,17+/m0/s1. The number of hydrogen-bond donors (Lipinski definition) is 1. The van der Waals surface area contributed by atoms with Gasteiger partial charge in [0.05, 0.1) is 11.4 Å². The molecular formula is C17H22N2. The Bertz CT molecular complexity index is 527. The molecule has 2 aliphatic carbocycles. The summed E-state index contributed by atoms with van der Waals surface area (Å²) in [6.45, 7) is 7.13. The van der Waals surface area contributed by atoms with Crippen molar-refractivity contribution < 1.29 is 0 Å². The van der Waals surface area contributed by atoms with E-state index in [9.17, 15) is 0 Å². The molecule has 0 heterocycles. The predicted octanol–water partition coefficient (Wildman–Crippen LogP) is 4.47. The van der Waals surface area contributed by atoms with Crippen molar-refractivity contribution in [1.29, 1.82) is 0 Å². The van der Waals surface area contributed by atoms with Crippen LogP contribution in [0.1, 0.15) is 33.6 Å². The molecular weight excluding hydrogens is 232 g/mol. The van der Waals surface area contributed by atoms with E-state index < -0.39 is 0 Å². The highest BCUT2D eigenvalue weighted by Gasteiger charge is 2.54. The van der Waals surface area contributed by atoms with Crippen LogP contribution in [0.15, 0.2) is 47.6 Å². The highest BCUT2D eigenvalue weighted by Crippen LogP contribution is 2.59. The van der Waals surface area contributed by atoms with E-state index in [0.29, 0.717) is 11.3 Å². The van der Waals surface area contributed by atoms with E-state index in [1.54, 1.807) is 0 Å². The quantitative estimate of drug-likeness (QED) is 0.774. The minimum absolute atomic E-state index is 0.189. The molecule has 3 rings (SSSR count). The molecule has 0 spiro atoms. The highest BCUT2D eigenvalue weighted by molar-refractivity contribution is 6.01. The molecule has 0 unspecified atom stereocenters. The van der Waals surface area contributed by atoms with E-state index in [2.05, 4.69) is 43.5 Å². The summed E-state index contributed by atoms with van der Waals surface area (Å²) in [7, 11) is 0. The molecule has 1 aromatic carbocycles. The Kier molecular flexibility index (Phi) is 2.77. The molecule has 100 valence electrons. The van der Waals surface area contributed by atoms with E-state index in [4.69, 9.17) is 0 Å². The van der Waals surface area contributed by atoms with Crippen molar-refractivity contribution in [3.63, 3.8) is 0 Å². The van der Waals surface area contributed by atoms with Gasteiger partial charge >= 0.3 is 0 Å². The summed E-state index contributed by atoms with van der Waals surface area (Å²) in [5, 5.41) is 4.68. The lowest BCUT2D eigenvalue weighted by molar-refractivity contribution is 0.174. The number of hydrogen-bond acceptors (Lipinski definition) is 2. The third-order valence-electron chi connectivity index (χ3n) is 5.44. The molecule has 1 saturated carbocycles. The van der Waals surface area contributed by atoms with Crippen LogP contribution in [0.2, 0.25) is 0 Å². The van der Waals surface area contributed by atoms with E-state index in [1.807, 2.05) is 30.3 Å². The van der Waals surface area contributed by atoms with Crippen molar-refractivity contribution >= 4 is 11.4 Å². The summed E-state index contributed by atoms with van der Waals surface area (Å²) in [5.74, 6) is 0.702. The number of nitrogens with one attached hydrogen (secondary N) is 1. The summed E-state index contributed by atoms with van der Waals surface area (Å²) in [6.07, 6.45) is 7.08. The zero-order chi connectivity index (χ0) is 13.5. The summed E-state index contributed by atoms with van der Waals surface area (Å²) >= 11 is 0. The van der Waals surface area contributed by atoms with Gasteiger partial charge in [-0.1, -0.05) is 45.0 Å². The van der Waals surface area contributed by atoms with Gasteiger partial charge < -0.3 is 0 Å². The number of allylic oxidation sites excluding steroid dienone is 2. The molecule has 1 N–H and O–H groups in total. The lowest BCUT2D eigenvalue weighted by Gasteiger charge is -2.43. The predicted molar refractivity (Wildman–Crippen MR) is 81.3 cm³/mol. The molecule has 0 aliphatic heterocycles. The maximum atomic E-state index is 4.68. The first-order valence-electron chi connectivity index (χ1n) is 7.11. The molecule has 2 atom stereocenters. The van der Waals surface area contributed by atoms with Crippen LogP contribution >= 0.6 is 0 Å². The second-order valence-electron chi connectivity index (χ2n) is 6.53. The van der Waals surface area contributed by atoms with Crippen LogP contribution < -0.4 is 5.43 Å². The second-order valence-corrected chi connectivity index (χ2v) is 6.53. The molecule has 0 aromatic heterocycles. The lowest BCUT2D eigenvalue weighted by atomic mass is 9.61. The lowest BCUT2D eigenvalue weighted by Crippen LogP contribution is -2.42. The van der Waals surface area contributed by atoms with Gasteiger partial charge in [-0.15, -0.1) is 0 Å². The van der Waals surface area contributed by atoms with E-state index in [0.717, 1.165) is 5.69 Å². The smallest absolute Gasteiger partial charge is 0.0668 e. The Morgan fingerprint density at radius 1 is 1.16 bits per heavy atom. The van der Waals surface area contributed by atoms with Crippen molar-refractivity contribution in [1.82, 2.24) is 0 Å². The number of fused-ring (bicyclic) bond motifs is 2. The third kappa shape index (κ3) is 1.81.